The van der Waals surface area contributed by atoms with Crippen molar-refractivity contribution in [3.63, 3.8) is 0 Å². The van der Waals surface area contributed by atoms with Gasteiger partial charge in [-0.15, -0.1) is 0 Å². The average Bonchev–Trinajstić information content (AvgIpc) is 2.34. The van der Waals surface area contributed by atoms with Crippen molar-refractivity contribution in [2.45, 2.75) is 66.2 Å². The van der Waals surface area contributed by atoms with Crippen LogP contribution in [0.15, 0.2) is 0 Å². The molecular weight excluding hydrogens is 250 g/mol. The van der Waals surface area contributed by atoms with Gasteiger partial charge in [0.15, 0.2) is 0 Å². The normalized spacial score (nSPS) is 34.9. The minimum absolute atomic E-state index is 0.0145. The number of carbonyl (C=O) groups is 2. The lowest BCUT2D eigenvalue weighted by atomic mass is 9.57. The van der Waals surface area contributed by atoms with Crippen LogP contribution in [0.25, 0.3) is 0 Å². The lowest BCUT2D eigenvalue weighted by molar-refractivity contribution is -0.147. The Labute approximate surface area is 122 Å². The molecule has 0 radical (unpaired) electrons. The van der Waals surface area contributed by atoms with Gasteiger partial charge in [-0.2, -0.15) is 0 Å². The lowest BCUT2D eigenvalue weighted by Crippen LogP contribution is -2.54. The maximum atomic E-state index is 12.4. The number of hydrogen-bond donors (Lipinski definition) is 1. The molecule has 2 aliphatic rings. The Balaban J connectivity index is 2.26. The largest absolute Gasteiger partial charge is 0.296 e. The average molecular weight is 279 g/mol. The Morgan fingerprint density at radius 3 is 2.55 bits per heavy atom. The third-order valence-corrected chi connectivity index (χ3v) is 5.40. The van der Waals surface area contributed by atoms with Crippen molar-refractivity contribution in [3.8, 4) is 0 Å². The number of amides is 2. The van der Waals surface area contributed by atoms with Gasteiger partial charge in [0.2, 0.25) is 11.8 Å². The minimum Gasteiger partial charge on any atom is -0.296 e. The van der Waals surface area contributed by atoms with E-state index in [1.54, 1.807) is 0 Å². The van der Waals surface area contributed by atoms with E-state index in [2.05, 4.69) is 33.0 Å². The number of rotatable bonds is 3. The molecule has 0 aromatic carbocycles. The summed E-state index contributed by atoms with van der Waals surface area (Å²) in [6, 6.07) is 0. The Bertz CT molecular complexity index is 388. The standard InChI is InChI=1S/C17H29NO2/c1-11(2)8-14-16(20)18-15(19)10-17(14)7-5-6-13(9-17)12(3)4/h11-14H,5-10H2,1-4H3,(H,18,19,20). The van der Waals surface area contributed by atoms with Gasteiger partial charge in [-0.25, -0.2) is 0 Å². The predicted molar refractivity (Wildman–Crippen MR) is 79.9 cm³/mol. The van der Waals surface area contributed by atoms with E-state index in [4.69, 9.17) is 0 Å². The van der Waals surface area contributed by atoms with Crippen molar-refractivity contribution >= 4 is 11.8 Å². The Morgan fingerprint density at radius 1 is 1.25 bits per heavy atom. The summed E-state index contributed by atoms with van der Waals surface area (Å²) >= 11 is 0. The van der Waals surface area contributed by atoms with Crippen LogP contribution in [0.4, 0.5) is 0 Å². The van der Waals surface area contributed by atoms with E-state index in [-0.39, 0.29) is 23.1 Å². The van der Waals surface area contributed by atoms with Crippen LogP contribution in [0.1, 0.15) is 66.2 Å². The van der Waals surface area contributed by atoms with E-state index in [0.29, 0.717) is 24.2 Å². The summed E-state index contributed by atoms with van der Waals surface area (Å²) in [5, 5.41) is 2.57. The van der Waals surface area contributed by atoms with Crippen molar-refractivity contribution in [2.24, 2.45) is 29.1 Å². The van der Waals surface area contributed by atoms with E-state index < -0.39 is 0 Å². The summed E-state index contributed by atoms with van der Waals surface area (Å²) in [6.45, 7) is 8.87. The molecule has 1 aliphatic heterocycles. The number of piperidine rings is 1. The van der Waals surface area contributed by atoms with Crippen LogP contribution >= 0.6 is 0 Å². The number of hydrogen-bond acceptors (Lipinski definition) is 2. The van der Waals surface area contributed by atoms with E-state index in [1.165, 1.54) is 6.42 Å². The molecule has 2 amide bonds. The lowest BCUT2D eigenvalue weighted by Gasteiger charge is -2.49. The molecule has 1 saturated carbocycles. The smallest absolute Gasteiger partial charge is 0.230 e. The summed E-state index contributed by atoms with van der Waals surface area (Å²) in [4.78, 5) is 24.3. The maximum Gasteiger partial charge on any atom is 0.230 e. The topological polar surface area (TPSA) is 46.2 Å². The molecule has 0 bridgehead atoms. The van der Waals surface area contributed by atoms with Gasteiger partial charge < -0.3 is 0 Å². The van der Waals surface area contributed by atoms with Crippen LogP contribution in [0.3, 0.4) is 0 Å². The highest BCUT2D eigenvalue weighted by Crippen LogP contribution is 2.52. The van der Waals surface area contributed by atoms with E-state index in [9.17, 15) is 9.59 Å². The highest BCUT2D eigenvalue weighted by molar-refractivity contribution is 5.99. The Hall–Kier alpha value is -0.860. The van der Waals surface area contributed by atoms with Gasteiger partial charge in [-0.1, -0.05) is 40.5 Å². The molecule has 3 atom stereocenters. The first-order chi connectivity index (χ1) is 9.34. The van der Waals surface area contributed by atoms with Crippen LogP contribution < -0.4 is 5.32 Å². The van der Waals surface area contributed by atoms with Gasteiger partial charge in [-0.3, -0.25) is 14.9 Å². The first kappa shape index (κ1) is 15.5. The summed E-state index contributed by atoms with van der Waals surface area (Å²) in [5.41, 5.74) is -0.0587. The van der Waals surface area contributed by atoms with Crippen molar-refractivity contribution < 1.29 is 9.59 Å². The summed E-state index contributed by atoms with van der Waals surface area (Å²) in [7, 11) is 0. The van der Waals surface area contributed by atoms with Crippen molar-refractivity contribution in [1.29, 1.82) is 0 Å². The predicted octanol–water partition coefficient (Wildman–Crippen LogP) is 3.53. The second kappa shape index (κ2) is 5.87. The minimum atomic E-state index is -0.0587. The third-order valence-electron chi connectivity index (χ3n) is 5.40. The molecule has 1 saturated heterocycles. The molecule has 20 heavy (non-hydrogen) atoms. The highest BCUT2D eigenvalue weighted by atomic mass is 16.2. The second-order valence-corrected chi connectivity index (χ2v) is 7.73. The Kier molecular flexibility index (Phi) is 4.55. The summed E-state index contributed by atoms with van der Waals surface area (Å²) in [6.07, 6.45) is 5.99. The van der Waals surface area contributed by atoms with Crippen LogP contribution in [0.2, 0.25) is 0 Å². The zero-order valence-electron chi connectivity index (χ0n) is 13.4. The molecule has 0 aromatic heterocycles. The van der Waals surface area contributed by atoms with Crippen molar-refractivity contribution in [2.75, 3.05) is 0 Å². The van der Waals surface area contributed by atoms with Gasteiger partial charge in [0.25, 0.3) is 0 Å². The molecule has 114 valence electrons. The fourth-order valence-corrected chi connectivity index (χ4v) is 4.31. The molecule has 2 fully saturated rings. The van der Waals surface area contributed by atoms with Gasteiger partial charge in [0.1, 0.15) is 0 Å². The molecule has 2 rings (SSSR count). The number of carbonyl (C=O) groups excluding carboxylic acids is 2. The monoisotopic (exact) mass is 279 g/mol. The van der Waals surface area contributed by atoms with Crippen LogP contribution in [-0.4, -0.2) is 11.8 Å². The highest BCUT2D eigenvalue weighted by Gasteiger charge is 2.50. The van der Waals surface area contributed by atoms with Crippen molar-refractivity contribution in [1.82, 2.24) is 5.32 Å². The van der Waals surface area contributed by atoms with Gasteiger partial charge in [0.05, 0.1) is 0 Å². The molecule has 3 nitrogen and oxygen atoms in total. The first-order valence-electron chi connectivity index (χ1n) is 8.18. The quantitative estimate of drug-likeness (QED) is 0.803. The zero-order chi connectivity index (χ0) is 14.9. The third kappa shape index (κ3) is 3.07. The molecule has 1 N–H and O–H groups in total. The fourth-order valence-electron chi connectivity index (χ4n) is 4.31. The molecule has 0 aromatic rings. The molecule has 3 unspecified atom stereocenters. The molecular formula is C17H29NO2. The van der Waals surface area contributed by atoms with E-state index in [0.717, 1.165) is 25.7 Å². The van der Waals surface area contributed by atoms with Gasteiger partial charge >= 0.3 is 0 Å². The summed E-state index contributed by atoms with van der Waals surface area (Å²) in [5.74, 6) is 1.76. The molecule has 3 heteroatoms. The molecule has 1 heterocycles. The summed E-state index contributed by atoms with van der Waals surface area (Å²) < 4.78 is 0. The van der Waals surface area contributed by atoms with Crippen LogP contribution in [-0.2, 0) is 9.59 Å². The van der Waals surface area contributed by atoms with Crippen LogP contribution in [0, 0.1) is 29.1 Å². The molecule has 1 aliphatic carbocycles. The zero-order valence-corrected chi connectivity index (χ0v) is 13.4. The first-order valence-corrected chi connectivity index (χ1v) is 8.18. The van der Waals surface area contributed by atoms with Crippen LogP contribution in [0.5, 0.6) is 0 Å². The van der Waals surface area contributed by atoms with E-state index >= 15 is 0 Å². The Morgan fingerprint density at radius 2 is 1.95 bits per heavy atom. The van der Waals surface area contributed by atoms with Gasteiger partial charge in [-0.05, 0) is 42.4 Å². The second-order valence-electron chi connectivity index (χ2n) is 7.73. The van der Waals surface area contributed by atoms with Crippen molar-refractivity contribution in [3.05, 3.63) is 0 Å². The maximum absolute atomic E-state index is 12.4. The number of nitrogens with one attached hydrogen (secondary N) is 1. The van der Waals surface area contributed by atoms with E-state index in [1.807, 2.05) is 0 Å². The fraction of sp³-hybridized carbons (Fsp3) is 0.882. The SMILES string of the molecule is CC(C)CC1C(=O)NC(=O)CC12CCCC(C(C)C)C2. The number of imide groups is 1. The van der Waals surface area contributed by atoms with Gasteiger partial charge in [0, 0.05) is 12.3 Å². The molecule has 1 spiro atoms.